The highest BCUT2D eigenvalue weighted by molar-refractivity contribution is 6.00. The monoisotopic (exact) mass is 424 g/mol. The lowest BCUT2D eigenvalue weighted by Gasteiger charge is -2.41. The topological polar surface area (TPSA) is 110 Å². The molecule has 0 aliphatic carbocycles. The van der Waals surface area contributed by atoms with Crippen molar-refractivity contribution in [2.24, 2.45) is 5.73 Å². The standard InChI is InChI=1S/C24H28N2O5/c1-2-3-4-9-14-26-22(18-12-7-8-13-19(18)31-15-20(25)27)21(24(29)30)16-10-5-6-11-17(16)23(26)28/h5-8,10-13,21-22H,2-4,9,14-15H2,1H3,(H2,25,27)(H,29,30). The summed E-state index contributed by atoms with van der Waals surface area (Å²) in [5.74, 6) is -2.46. The van der Waals surface area contributed by atoms with E-state index in [2.05, 4.69) is 6.92 Å². The van der Waals surface area contributed by atoms with Gasteiger partial charge in [-0.05, 0) is 24.1 Å². The lowest BCUT2D eigenvalue weighted by molar-refractivity contribution is -0.140. The Labute approximate surface area is 181 Å². The zero-order valence-electron chi connectivity index (χ0n) is 17.6. The van der Waals surface area contributed by atoms with Crippen molar-refractivity contribution in [3.8, 4) is 5.75 Å². The van der Waals surface area contributed by atoms with E-state index in [0.29, 0.717) is 29.0 Å². The number of primary amides is 1. The number of aliphatic carboxylic acids is 1. The van der Waals surface area contributed by atoms with Crippen LogP contribution < -0.4 is 10.5 Å². The third-order valence-electron chi connectivity index (χ3n) is 5.56. The highest BCUT2D eigenvalue weighted by Gasteiger charge is 2.45. The molecule has 0 radical (unpaired) electrons. The molecule has 0 bridgehead atoms. The van der Waals surface area contributed by atoms with Crippen molar-refractivity contribution < 1.29 is 24.2 Å². The highest BCUT2D eigenvalue weighted by Crippen LogP contribution is 2.45. The van der Waals surface area contributed by atoms with E-state index < -0.39 is 23.8 Å². The van der Waals surface area contributed by atoms with Crippen molar-refractivity contribution in [1.82, 2.24) is 4.90 Å². The number of carbonyl (C=O) groups excluding carboxylic acids is 2. The van der Waals surface area contributed by atoms with Gasteiger partial charge in [-0.15, -0.1) is 0 Å². The number of benzene rings is 2. The summed E-state index contributed by atoms with van der Waals surface area (Å²) in [5.41, 5.74) is 6.68. The van der Waals surface area contributed by atoms with Gasteiger partial charge in [-0.2, -0.15) is 0 Å². The molecule has 2 aromatic rings. The molecule has 1 aliphatic heterocycles. The summed E-state index contributed by atoms with van der Waals surface area (Å²) in [6.07, 6.45) is 3.83. The van der Waals surface area contributed by atoms with Crippen LogP contribution in [0.4, 0.5) is 0 Å². The number of ether oxygens (including phenoxy) is 1. The van der Waals surface area contributed by atoms with Crippen molar-refractivity contribution in [3.05, 3.63) is 65.2 Å². The molecule has 0 saturated carbocycles. The fourth-order valence-electron chi connectivity index (χ4n) is 4.16. The third kappa shape index (κ3) is 4.87. The molecule has 2 unspecified atom stereocenters. The summed E-state index contributed by atoms with van der Waals surface area (Å²) in [6, 6.07) is 13.0. The second kappa shape index (κ2) is 10.1. The predicted octanol–water partition coefficient (Wildman–Crippen LogP) is 3.50. The zero-order valence-corrected chi connectivity index (χ0v) is 17.6. The lowest BCUT2D eigenvalue weighted by Crippen LogP contribution is -2.45. The Bertz CT molecular complexity index is 958. The first-order chi connectivity index (χ1) is 15.0. The maximum atomic E-state index is 13.4. The van der Waals surface area contributed by atoms with Gasteiger partial charge in [0.1, 0.15) is 11.7 Å². The first kappa shape index (κ1) is 22.3. The number of nitrogens with zero attached hydrogens (tertiary/aromatic N) is 1. The van der Waals surface area contributed by atoms with Crippen LogP contribution in [0.5, 0.6) is 5.75 Å². The van der Waals surface area contributed by atoms with Gasteiger partial charge < -0.3 is 20.5 Å². The first-order valence-corrected chi connectivity index (χ1v) is 10.6. The van der Waals surface area contributed by atoms with Gasteiger partial charge in [0.2, 0.25) is 0 Å². The van der Waals surface area contributed by atoms with Crippen molar-refractivity contribution in [2.75, 3.05) is 13.2 Å². The van der Waals surface area contributed by atoms with Crippen LogP contribution in [0, 0.1) is 0 Å². The number of carboxylic acid groups (broad SMARTS) is 1. The van der Waals surface area contributed by atoms with Crippen LogP contribution in [0.1, 0.15) is 66.1 Å². The van der Waals surface area contributed by atoms with Crippen LogP contribution in [0.15, 0.2) is 48.5 Å². The number of hydrogen-bond donors (Lipinski definition) is 2. The average molecular weight is 424 g/mol. The van der Waals surface area contributed by atoms with E-state index in [0.717, 1.165) is 25.7 Å². The second-order valence-electron chi connectivity index (χ2n) is 7.70. The summed E-state index contributed by atoms with van der Waals surface area (Å²) in [6.45, 7) is 2.21. The normalized spacial score (nSPS) is 17.8. The summed E-state index contributed by atoms with van der Waals surface area (Å²) in [5, 5.41) is 10.2. The number of carboxylic acids is 1. The van der Waals surface area contributed by atoms with Crippen molar-refractivity contribution in [3.63, 3.8) is 0 Å². The minimum atomic E-state index is -1.02. The van der Waals surface area contributed by atoms with Gasteiger partial charge >= 0.3 is 5.97 Å². The molecule has 164 valence electrons. The SMILES string of the molecule is CCCCCCN1C(=O)c2ccccc2C(C(=O)O)C1c1ccccc1OCC(N)=O. The van der Waals surface area contributed by atoms with E-state index in [4.69, 9.17) is 10.5 Å². The smallest absolute Gasteiger partial charge is 0.313 e. The quantitative estimate of drug-likeness (QED) is 0.567. The zero-order chi connectivity index (χ0) is 22.4. The molecule has 0 aromatic heterocycles. The van der Waals surface area contributed by atoms with Gasteiger partial charge in [0.05, 0.1) is 6.04 Å². The molecular formula is C24H28N2O5. The van der Waals surface area contributed by atoms with Crippen LogP contribution in [0.2, 0.25) is 0 Å². The largest absolute Gasteiger partial charge is 0.483 e. The number of amides is 2. The fourth-order valence-corrected chi connectivity index (χ4v) is 4.16. The molecule has 3 N–H and O–H groups in total. The molecule has 0 saturated heterocycles. The van der Waals surface area contributed by atoms with E-state index in [1.165, 1.54) is 0 Å². The summed E-state index contributed by atoms with van der Waals surface area (Å²) < 4.78 is 5.59. The summed E-state index contributed by atoms with van der Waals surface area (Å²) in [4.78, 5) is 38.8. The van der Waals surface area contributed by atoms with Gasteiger partial charge in [0.15, 0.2) is 6.61 Å². The highest BCUT2D eigenvalue weighted by atomic mass is 16.5. The molecule has 2 atom stereocenters. The average Bonchev–Trinajstić information content (AvgIpc) is 2.76. The molecule has 7 nitrogen and oxygen atoms in total. The molecule has 3 rings (SSSR count). The summed E-state index contributed by atoms with van der Waals surface area (Å²) in [7, 11) is 0. The Hall–Kier alpha value is -3.35. The molecule has 2 amide bonds. The molecule has 7 heteroatoms. The Morgan fingerprint density at radius 3 is 2.39 bits per heavy atom. The Kier molecular flexibility index (Phi) is 7.28. The van der Waals surface area contributed by atoms with Gasteiger partial charge in [-0.3, -0.25) is 14.4 Å². The van der Waals surface area contributed by atoms with Crippen LogP contribution in [-0.2, 0) is 9.59 Å². The Balaban J connectivity index is 2.09. The number of carbonyl (C=O) groups is 3. The molecule has 0 spiro atoms. The van der Waals surface area contributed by atoms with Gasteiger partial charge in [-0.25, -0.2) is 0 Å². The number of rotatable bonds is 10. The predicted molar refractivity (Wildman–Crippen MR) is 116 cm³/mol. The number of para-hydroxylation sites is 1. The minimum absolute atomic E-state index is 0.195. The van der Waals surface area contributed by atoms with E-state index in [1.54, 1.807) is 53.4 Å². The van der Waals surface area contributed by atoms with Crippen molar-refractivity contribution >= 4 is 17.8 Å². The van der Waals surface area contributed by atoms with E-state index in [-0.39, 0.29) is 12.5 Å². The Morgan fingerprint density at radius 2 is 1.71 bits per heavy atom. The van der Waals surface area contributed by atoms with Crippen molar-refractivity contribution in [1.29, 1.82) is 0 Å². The van der Waals surface area contributed by atoms with Crippen molar-refractivity contribution in [2.45, 2.75) is 44.6 Å². The first-order valence-electron chi connectivity index (χ1n) is 10.6. The molecule has 31 heavy (non-hydrogen) atoms. The number of hydrogen-bond acceptors (Lipinski definition) is 4. The molecule has 1 heterocycles. The molecular weight excluding hydrogens is 396 g/mol. The maximum absolute atomic E-state index is 13.4. The number of nitrogens with two attached hydrogens (primary N) is 1. The van der Waals surface area contributed by atoms with E-state index in [1.807, 2.05) is 0 Å². The van der Waals surface area contributed by atoms with Crippen LogP contribution >= 0.6 is 0 Å². The number of fused-ring (bicyclic) bond motifs is 1. The minimum Gasteiger partial charge on any atom is -0.483 e. The van der Waals surface area contributed by atoms with Gasteiger partial charge in [-0.1, -0.05) is 62.6 Å². The lowest BCUT2D eigenvalue weighted by atomic mass is 9.79. The molecule has 0 fully saturated rings. The third-order valence-corrected chi connectivity index (χ3v) is 5.56. The summed E-state index contributed by atoms with van der Waals surface area (Å²) >= 11 is 0. The Morgan fingerprint density at radius 1 is 1.03 bits per heavy atom. The van der Waals surface area contributed by atoms with Crippen LogP contribution in [0.25, 0.3) is 0 Å². The van der Waals surface area contributed by atoms with Gasteiger partial charge in [0.25, 0.3) is 11.8 Å². The van der Waals surface area contributed by atoms with E-state index >= 15 is 0 Å². The maximum Gasteiger partial charge on any atom is 0.313 e. The second-order valence-corrected chi connectivity index (χ2v) is 7.70. The number of unbranched alkanes of at least 4 members (excludes halogenated alkanes) is 3. The van der Waals surface area contributed by atoms with Crippen LogP contribution in [0.3, 0.4) is 0 Å². The molecule has 2 aromatic carbocycles. The molecule has 1 aliphatic rings. The van der Waals surface area contributed by atoms with Crippen LogP contribution in [-0.4, -0.2) is 40.9 Å². The van der Waals surface area contributed by atoms with E-state index in [9.17, 15) is 19.5 Å². The van der Waals surface area contributed by atoms with Gasteiger partial charge in [0, 0.05) is 17.7 Å². The fraction of sp³-hybridized carbons (Fsp3) is 0.375.